The quantitative estimate of drug-likeness (QED) is 0.902. The Labute approximate surface area is 138 Å². The van der Waals surface area contributed by atoms with E-state index in [1.807, 2.05) is 0 Å². The Morgan fingerprint density at radius 1 is 1.30 bits per heavy atom. The van der Waals surface area contributed by atoms with Crippen molar-refractivity contribution in [3.63, 3.8) is 0 Å². The third-order valence-corrected chi connectivity index (χ3v) is 4.95. The van der Waals surface area contributed by atoms with E-state index in [0.29, 0.717) is 29.7 Å². The van der Waals surface area contributed by atoms with Crippen molar-refractivity contribution in [1.29, 1.82) is 0 Å². The molecular weight excluding hydrogens is 292 g/mol. The van der Waals surface area contributed by atoms with Crippen molar-refractivity contribution in [2.75, 3.05) is 13.1 Å². The van der Waals surface area contributed by atoms with Gasteiger partial charge in [0, 0.05) is 31.0 Å². The standard InChI is InChI=1S/C17H28N4O2/c1-10(2)15-19-16(23-20-15)12(4)18-14-7-8-21(9-11(14)3)17(22)13-5-6-13/h10-14,18H,5-9H2,1-4H3/t11-,12-,14-/m0/s1. The lowest BCUT2D eigenvalue weighted by atomic mass is 9.93. The third-order valence-electron chi connectivity index (χ3n) is 4.95. The molecule has 1 aromatic heterocycles. The zero-order chi connectivity index (χ0) is 16.6. The van der Waals surface area contributed by atoms with Crippen molar-refractivity contribution in [3.8, 4) is 0 Å². The third kappa shape index (κ3) is 3.74. The van der Waals surface area contributed by atoms with E-state index in [4.69, 9.17) is 4.52 Å². The maximum Gasteiger partial charge on any atom is 0.243 e. The molecule has 128 valence electrons. The van der Waals surface area contributed by atoms with Gasteiger partial charge in [-0.15, -0.1) is 0 Å². The molecule has 3 atom stereocenters. The number of nitrogens with zero attached hydrogens (tertiary/aromatic N) is 3. The van der Waals surface area contributed by atoms with E-state index in [-0.39, 0.29) is 12.0 Å². The fourth-order valence-corrected chi connectivity index (χ4v) is 3.23. The maximum absolute atomic E-state index is 12.2. The zero-order valence-electron chi connectivity index (χ0n) is 14.6. The zero-order valence-corrected chi connectivity index (χ0v) is 14.6. The lowest BCUT2D eigenvalue weighted by molar-refractivity contribution is -0.134. The van der Waals surface area contributed by atoms with Crippen molar-refractivity contribution in [2.45, 2.75) is 65.0 Å². The predicted molar refractivity (Wildman–Crippen MR) is 86.8 cm³/mol. The number of carbonyl (C=O) groups is 1. The highest BCUT2D eigenvalue weighted by atomic mass is 16.5. The second kappa shape index (κ2) is 6.59. The molecule has 1 amide bonds. The van der Waals surface area contributed by atoms with Crippen LogP contribution in [0.2, 0.25) is 0 Å². The Hall–Kier alpha value is -1.43. The first kappa shape index (κ1) is 16.4. The van der Waals surface area contributed by atoms with Crippen LogP contribution in [-0.2, 0) is 4.79 Å². The smallest absolute Gasteiger partial charge is 0.243 e. The molecule has 1 saturated carbocycles. The van der Waals surface area contributed by atoms with E-state index in [9.17, 15) is 4.79 Å². The van der Waals surface area contributed by atoms with Crippen molar-refractivity contribution in [3.05, 3.63) is 11.7 Å². The second-order valence-electron chi connectivity index (χ2n) is 7.46. The van der Waals surface area contributed by atoms with Crippen LogP contribution in [0, 0.1) is 11.8 Å². The first-order valence-corrected chi connectivity index (χ1v) is 8.84. The average Bonchev–Trinajstić information content (AvgIpc) is 3.24. The molecule has 1 aliphatic heterocycles. The van der Waals surface area contributed by atoms with E-state index in [1.54, 1.807) is 0 Å². The van der Waals surface area contributed by atoms with Crippen molar-refractivity contribution < 1.29 is 9.32 Å². The van der Waals surface area contributed by atoms with E-state index in [1.165, 1.54) is 0 Å². The van der Waals surface area contributed by atoms with Crippen LogP contribution in [0.25, 0.3) is 0 Å². The van der Waals surface area contributed by atoms with Gasteiger partial charge in [0.1, 0.15) is 0 Å². The highest BCUT2D eigenvalue weighted by Crippen LogP contribution is 2.32. The molecule has 0 bridgehead atoms. The van der Waals surface area contributed by atoms with Crippen LogP contribution in [-0.4, -0.2) is 40.1 Å². The van der Waals surface area contributed by atoms with Crippen molar-refractivity contribution in [1.82, 2.24) is 20.4 Å². The summed E-state index contributed by atoms with van der Waals surface area (Å²) in [4.78, 5) is 18.7. The van der Waals surface area contributed by atoms with E-state index in [2.05, 4.69) is 48.1 Å². The molecule has 6 heteroatoms. The summed E-state index contributed by atoms with van der Waals surface area (Å²) in [6.45, 7) is 10.1. The van der Waals surface area contributed by atoms with E-state index >= 15 is 0 Å². The van der Waals surface area contributed by atoms with Gasteiger partial charge in [0.25, 0.3) is 0 Å². The first-order valence-electron chi connectivity index (χ1n) is 8.84. The number of piperidine rings is 1. The largest absolute Gasteiger partial charge is 0.342 e. The lowest BCUT2D eigenvalue weighted by Crippen LogP contribution is -2.51. The second-order valence-corrected chi connectivity index (χ2v) is 7.46. The summed E-state index contributed by atoms with van der Waals surface area (Å²) < 4.78 is 5.38. The summed E-state index contributed by atoms with van der Waals surface area (Å²) in [6.07, 6.45) is 3.14. The van der Waals surface area contributed by atoms with Crippen molar-refractivity contribution >= 4 is 5.91 Å². The van der Waals surface area contributed by atoms with Crippen LogP contribution in [0.5, 0.6) is 0 Å². The molecule has 3 rings (SSSR count). The van der Waals surface area contributed by atoms with Crippen LogP contribution < -0.4 is 5.32 Å². The molecule has 1 aliphatic carbocycles. The maximum atomic E-state index is 12.2. The van der Waals surface area contributed by atoms with Crippen molar-refractivity contribution in [2.24, 2.45) is 11.8 Å². The van der Waals surface area contributed by atoms with Crippen LogP contribution in [0.1, 0.15) is 70.6 Å². The number of aromatic nitrogens is 2. The molecule has 2 heterocycles. The molecule has 0 spiro atoms. The first-order chi connectivity index (χ1) is 11.0. The highest BCUT2D eigenvalue weighted by Gasteiger charge is 2.37. The Morgan fingerprint density at radius 3 is 2.61 bits per heavy atom. The van der Waals surface area contributed by atoms with Gasteiger partial charge in [-0.05, 0) is 32.1 Å². The molecule has 0 radical (unpaired) electrons. The number of nitrogens with one attached hydrogen (secondary N) is 1. The Kier molecular flexibility index (Phi) is 4.71. The molecule has 1 aromatic rings. The summed E-state index contributed by atoms with van der Waals surface area (Å²) in [5.74, 6) is 2.79. The Bertz CT molecular complexity index is 553. The fourth-order valence-electron chi connectivity index (χ4n) is 3.23. The van der Waals surface area contributed by atoms with Gasteiger partial charge in [-0.2, -0.15) is 4.98 Å². The monoisotopic (exact) mass is 320 g/mol. The number of rotatable bonds is 5. The summed E-state index contributed by atoms with van der Waals surface area (Å²) in [6, 6.07) is 0.413. The summed E-state index contributed by atoms with van der Waals surface area (Å²) in [5, 5.41) is 7.64. The van der Waals surface area contributed by atoms with Crippen LogP contribution in [0.3, 0.4) is 0 Å². The minimum absolute atomic E-state index is 0.0353. The Morgan fingerprint density at radius 2 is 2.04 bits per heavy atom. The van der Waals surface area contributed by atoms with Gasteiger partial charge in [-0.25, -0.2) is 0 Å². The van der Waals surface area contributed by atoms with Gasteiger partial charge in [-0.1, -0.05) is 25.9 Å². The van der Waals surface area contributed by atoms with Gasteiger partial charge < -0.3 is 14.7 Å². The molecule has 0 unspecified atom stereocenters. The SMILES string of the molecule is CC(C)c1noc([C@H](C)N[C@H]2CCN(C(=O)C3CC3)C[C@@H]2C)n1. The molecule has 6 nitrogen and oxygen atoms in total. The summed E-state index contributed by atoms with van der Waals surface area (Å²) in [5.41, 5.74) is 0. The van der Waals surface area contributed by atoms with E-state index < -0.39 is 0 Å². The predicted octanol–water partition coefficient (Wildman–Crippen LogP) is 2.49. The number of hydrogen-bond acceptors (Lipinski definition) is 5. The average molecular weight is 320 g/mol. The van der Waals surface area contributed by atoms with Crippen LogP contribution >= 0.6 is 0 Å². The van der Waals surface area contributed by atoms with Gasteiger partial charge in [0.15, 0.2) is 5.82 Å². The molecule has 1 saturated heterocycles. The van der Waals surface area contributed by atoms with Crippen LogP contribution in [0.4, 0.5) is 0 Å². The lowest BCUT2D eigenvalue weighted by Gasteiger charge is -2.38. The normalized spacial score (nSPS) is 26.6. The Balaban J connectivity index is 1.54. The topological polar surface area (TPSA) is 71.3 Å². The van der Waals surface area contributed by atoms with Gasteiger partial charge in [0.05, 0.1) is 6.04 Å². The summed E-state index contributed by atoms with van der Waals surface area (Å²) >= 11 is 0. The molecule has 2 aliphatic rings. The van der Waals surface area contributed by atoms with Gasteiger partial charge in [-0.3, -0.25) is 4.79 Å². The summed E-state index contributed by atoms with van der Waals surface area (Å²) in [7, 11) is 0. The number of hydrogen-bond donors (Lipinski definition) is 1. The van der Waals surface area contributed by atoms with Gasteiger partial charge in [0.2, 0.25) is 11.8 Å². The van der Waals surface area contributed by atoms with Gasteiger partial charge >= 0.3 is 0 Å². The molecular formula is C17H28N4O2. The van der Waals surface area contributed by atoms with Crippen LogP contribution in [0.15, 0.2) is 4.52 Å². The number of amides is 1. The number of carbonyl (C=O) groups excluding carboxylic acids is 1. The molecule has 0 aromatic carbocycles. The molecule has 2 fully saturated rings. The van der Waals surface area contributed by atoms with E-state index in [0.717, 1.165) is 38.2 Å². The highest BCUT2D eigenvalue weighted by molar-refractivity contribution is 5.81. The molecule has 1 N–H and O–H groups in total. The minimum atomic E-state index is 0.0353. The fraction of sp³-hybridized carbons (Fsp3) is 0.824. The minimum Gasteiger partial charge on any atom is -0.342 e. The molecule has 23 heavy (non-hydrogen) atoms. The number of likely N-dealkylation sites (tertiary alicyclic amines) is 1.